The Bertz CT molecular complexity index is 642. The first-order chi connectivity index (χ1) is 9.43. The highest BCUT2D eigenvalue weighted by Crippen LogP contribution is 2.24. The topological polar surface area (TPSA) is 72.2 Å². The maximum atomic E-state index is 12.1. The maximum absolute atomic E-state index is 12.1. The second kappa shape index (κ2) is 5.64. The molecule has 0 aliphatic carbocycles. The number of nitrogens with two attached hydrogens (primary N) is 1. The first-order valence-corrected chi connectivity index (χ1v) is 7.11. The number of carbonyl (C=O) groups excluding carboxylic acids is 2. The lowest BCUT2D eigenvalue weighted by atomic mass is 9.91. The molecule has 2 amide bonds. The van der Waals surface area contributed by atoms with Crippen LogP contribution >= 0.6 is 22.9 Å². The van der Waals surface area contributed by atoms with Crippen molar-refractivity contribution in [1.29, 1.82) is 0 Å². The van der Waals surface area contributed by atoms with Gasteiger partial charge in [0.05, 0.1) is 4.88 Å². The summed E-state index contributed by atoms with van der Waals surface area (Å²) >= 11 is 7.22. The standard InChI is InChI=1S/C14H13ClN2O2S/c1-14(13(16)19,9-4-2-5-10(15)8-9)17-12(18)11-6-3-7-20-11/h2-8H,1H3,(H2,16,19)(H,17,18)/t14-/m0/s1. The molecular weight excluding hydrogens is 296 g/mol. The van der Waals surface area contributed by atoms with Gasteiger partial charge in [-0.3, -0.25) is 9.59 Å². The van der Waals surface area contributed by atoms with E-state index < -0.39 is 11.4 Å². The van der Waals surface area contributed by atoms with Crippen molar-refractivity contribution in [3.05, 3.63) is 57.2 Å². The molecular formula is C14H13ClN2O2S. The van der Waals surface area contributed by atoms with Gasteiger partial charge >= 0.3 is 0 Å². The smallest absolute Gasteiger partial charge is 0.262 e. The van der Waals surface area contributed by atoms with Gasteiger partial charge in [-0.05, 0) is 36.1 Å². The monoisotopic (exact) mass is 308 g/mol. The van der Waals surface area contributed by atoms with Crippen LogP contribution < -0.4 is 11.1 Å². The van der Waals surface area contributed by atoms with Crippen LogP contribution in [0.25, 0.3) is 0 Å². The average molecular weight is 309 g/mol. The number of primary amides is 1. The fraction of sp³-hybridized carbons (Fsp3) is 0.143. The number of nitrogens with one attached hydrogen (secondary N) is 1. The van der Waals surface area contributed by atoms with E-state index in [9.17, 15) is 9.59 Å². The SMILES string of the molecule is C[C@@](NC(=O)c1cccs1)(C(N)=O)c1cccc(Cl)c1. The Morgan fingerprint density at radius 2 is 2.05 bits per heavy atom. The van der Waals surface area contributed by atoms with E-state index in [1.807, 2.05) is 0 Å². The summed E-state index contributed by atoms with van der Waals surface area (Å²) in [6, 6.07) is 10.1. The Hall–Kier alpha value is -1.85. The zero-order chi connectivity index (χ0) is 14.8. The molecule has 1 atom stereocenters. The zero-order valence-corrected chi connectivity index (χ0v) is 12.3. The molecule has 0 unspecified atom stereocenters. The molecule has 0 bridgehead atoms. The van der Waals surface area contributed by atoms with E-state index in [2.05, 4.69) is 5.32 Å². The number of benzene rings is 1. The lowest BCUT2D eigenvalue weighted by molar-refractivity contribution is -0.123. The molecule has 4 nitrogen and oxygen atoms in total. The van der Waals surface area contributed by atoms with Gasteiger partial charge in [-0.15, -0.1) is 11.3 Å². The molecule has 0 spiro atoms. The number of hydrogen-bond donors (Lipinski definition) is 2. The van der Waals surface area contributed by atoms with Crippen molar-refractivity contribution in [2.24, 2.45) is 5.73 Å². The van der Waals surface area contributed by atoms with Crippen LogP contribution in [0.15, 0.2) is 41.8 Å². The van der Waals surface area contributed by atoms with Crippen LogP contribution in [-0.2, 0) is 10.3 Å². The van der Waals surface area contributed by atoms with Crippen LogP contribution in [-0.4, -0.2) is 11.8 Å². The molecule has 2 aromatic rings. The van der Waals surface area contributed by atoms with Crippen LogP contribution in [0.3, 0.4) is 0 Å². The highest BCUT2D eigenvalue weighted by atomic mass is 35.5. The number of thiophene rings is 1. The van der Waals surface area contributed by atoms with E-state index in [4.69, 9.17) is 17.3 Å². The van der Waals surface area contributed by atoms with E-state index in [1.165, 1.54) is 11.3 Å². The highest BCUT2D eigenvalue weighted by molar-refractivity contribution is 7.12. The van der Waals surface area contributed by atoms with Crippen molar-refractivity contribution in [3.8, 4) is 0 Å². The summed E-state index contributed by atoms with van der Waals surface area (Å²) in [5, 5.41) is 4.94. The molecule has 0 aliphatic heterocycles. The summed E-state index contributed by atoms with van der Waals surface area (Å²) in [7, 11) is 0. The lowest BCUT2D eigenvalue weighted by Crippen LogP contribution is -2.52. The average Bonchev–Trinajstić information content (AvgIpc) is 2.92. The van der Waals surface area contributed by atoms with E-state index in [1.54, 1.807) is 48.7 Å². The molecule has 2 rings (SSSR count). The molecule has 1 aromatic carbocycles. The summed E-state index contributed by atoms with van der Waals surface area (Å²) < 4.78 is 0. The minimum atomic E-state index is -1.31. The first-order valence-electron chi connectivity index (χ1n) is 5.85. The van der Waals surface area contributed by atoms with Crippen molar-refractivity contribution < 1.29 is 9.59 Å². The molecule has 0 saturated carbocycles. The Morgan fingerprint density at radius 3 is 2.60 bits per heavy atom. The largest absolute Gasteiger partial charge is 0.367 e. The Morgan fingerprint density at radius 1 is 1.30 bits per heavy atom. The zero-order valence-electron chi connectivity index (χ0n) is 10.7. The molecule has 6 heteroatoms. The molecule has 0 radical (unpaired) electrons. The molecule has 0 saturated heterocycles. The first kappa shape index (κ1) is 14.6. The predicted molar refractivity (Wildman–Crippen MR) is 79.8 cm³/mol. The Labute approximate surface area is 125 Å². The normalized spacial score (nSPS) is 13.5. The number of hydrogen-bond acceptors (Lipinski definition) is 3. The molecule has 104 valence electrons. The van der Waals surface area contributed by atoms with Gasteiger partial charge in [0.25, 0.3) is 5.91 Å². The van der Waals surface area contributed by atoms with Gasteiger partial charge in [0.2, 0.25) is 5.91 Å². The second-order valence-corrected chi connectivity index (χ2v) is 5.82. The predicted octanol–water partition coefficient (Wildman–Crippen LogP) is 2.53. The minimum Gasteiger partial charge on any atom is -0.367 e. The molecule has 0 aliphatic rings. The summed E-state index contributed by atoms with van der Waals surface area (Å²) in [5.74, 6) is -0.994. The van der Waals surface area contributed by atoms with Gasteiger partial charge in [-0.1, -0.05) is 29.8 Å². The third-order valence-corrected chi connectivity index (χ3v) is 4.11. The summed E-state index contributed by atoms with van der Waals surface area (Å²) in [6.45, 7) is 1.56. The molecule has 3 N–H and O–H groups in total. The van der Waals surface area contributed by atoms with Crippen LogP contribution in [0.5, 0.6) is 0 Å². The fourth-order valence-corrected chi connectivity index (χ4v) is 2.58. The minimum absolute atomic E-state index is 0.346. The van der Waals surface area contributed by atoms with Crippen molar-refractivity contribution in [2.75, 3.05) is 0 Å². The molecule has 0 fully saturated rings. The highest BCUT2D eigenvalue weighted by Gasteiger charge is 2.35. The number of amides is 2. The lowest BCUT2D eigenvalue weighted by Gasteiger charge is -2.28. The third-order valence-electron chi connectivity index (χ3n) is 3.00. The quantitative estimate of drug-likeness (QED) is 0.911. The van der Waals surface area contributed by atoms with Gasteiger partial charge in [0.15, 0.2) is 0 Å². The third kappa shape index (κ3) is 2.84. The number of rotatable bonds is 4. The summed E-state index contributed by atoms with van der Waals surface area (Å²) in [4.78, 5) is 24.5. The van der Waals surface area contributed by atoms with Gasteiger partial charge in [-0.2, -0.15) is 0 Å². The maximum Gasteiger partial charge on any atom is 0.262 e. The molecule has 20 heavy (non-hydrogen) atoms. The van der Waals surface area contributed by atoms with Crippen molar-refractivity contribution >= 4 is 34.8 Å². The summed E-state index contributed by atoms with van der Waals surface area (Å²) in [6.07, 6.45) is 0. The fourth-order valence-electron chi connectivity index (χ4n) is 1.77. The van der Waals surface area contributed by atoms with Crippen LogP contribution in [0.4, 0.5) is 0 Å². The van der Waals surface area contributed by atoms with Crippen LogP contribution in [0.1, 0.15) is 22.2 Å². The van der Waals surface area contributed by atoms with Crippen molar-refractivity contribution in [2.45, 2.75) is 12.5 Å². The second-order valence-electron chi connectivity index (χ2n) is 4.43. The van der Waals surface area contributed by atoms with Gasteiger partial charge in [-0.25, -0.2) is 0 Å². The van der Waals surface area contributed by atoms with Crippen LogP contribution in [0, 0.1) is 0 Å². The molecule has 1 aromatic heterocycles. The number of halogens is 1. The molecule has 1 heterocycles. The summed E-state index contributed by atoms with van der Waals surface area (Å²) in [5.41, 5.74) is 4.69. The van der Waals surface area contributed by atoms with Crippen molar-refractivity contribution in [1.82, 2.24) is 5.32 Å². The van der Waals surface area contributed by atoms with E-state index in [0.717, 1.165) is 0 Å². The van der Waals surface area contributed by atoms with Crippen molar-refractivity contribution in [3.63, 3.8) is 0 Å². The number of carbonyl (C=O) groups is 2. The van der Waals surface area contributed by atoms with Gasteiger partial charge in [0.1, 0.15) is 5.54 Å². The van der Waals surface area contributed by atoms with E-state index in [-0.39, 0.29) is 5.91 Å². The van der Waals surface area contributed by atoms with E-state index in [0.29, 0.717) is 15.5 Å². The van der Waals surface area contributed by atoms with Crippen LogP contribution in [0.2, 0.25) is 5.02 Å². The van der Waals surface area contributed by atoms with Gasteiger partial charge in [0, 0.05) is 5.02 Å². The Balaban J connectivity index is 2.35. The van der Waals surface area contributed by atoms with Gasteiger partial charge < -0.3 is 11.1 Å². The Kier molecular flexibility index (Phi) is 4.11. The van der Waals surface area contributed by atoms with E-state index >= 15 is 0 Å².